The topological polar surface area (TPSA) is 75.3 Å². The lowest BCUT2D eigenvalue weighted by molar-refractivity contribution is -0.199. The molecule has 7 nitrogen and oxygen atoms in total. The summed E-state index contributed by atoms with van der Waals surface area (Å²) in [4.78, 5) is 12.4. The Morgan fingerprint density at radius 1 is 1.18 bits per heavy atom. The average molecular weight is 484 g/mol. The highest BCUT2D eigenvalue weighted by Gasteiger charge is 2.67. The summed E-state index contributed by atoms with van der Waals surface area (Å²) in [5.41, 5.74) is -0.529. The van der Waals surface area contributed by atoms with Gasteiger partial charge in [0.15, 0.2) is 0 Å². The lowest BCUT2D eigenvalue weighted by atomic mass is 9.43. The number of carbonyl (C=O) groups excluding carboxylic acids is 1. The lowest BCUT2D eigenvalue weighted by Gasteiger charge is -2.64. The molecule has 0 aromatic rings. The van der Waals surface area contributed by atoms with Crippen molar-refractivity contribution in [3.63, 3.8) is 0 Å². The Kier molecular flexibility index (Phi) is 8.02. The van der Waals surface area contributed by atoms with Crippen LogP contribution in [-0.4, -0.2) is 64.6 Å². The number of nitrogens with one attached hydrogen (secondary N) is 1. The number of carbonyl (C=O) groups is 1. The van der Waals surface area contributed by atoms with Crippen LogP contribution in [0.4, 0.5) is 4.79 Å². The van der Waals surface area contributed by atoms with Crippen LogP contribution in [0.25, 0.3) is 0 Å². The molecule has 33 heavy (non-hydrogen) atoms. The summed E-state index contributed by atoms with van der Waals surface area (Å²) in [5.74, 6) is 1.21. The largest absolute Gasteiger partial charge is 0.459 e. The van der Waals surface area contributed by atoms with Gasteiger partial charge in [-0.1, -0.05) is 33.5 Å². The van der Waals surface area contributed by atoms with Gasteiger partial charge < -0.3 is 28.8 Å². The summed E-state index contributed by atoms with van der Waals surface area (Å²) in [5, 5.41) is 2.95. The van der Waals surface area contributed by atoms with Gasteiger partial charge in [0.25, 0.3) is 0 Å². The monoisotopic (exact) mass is 483 g/mol. The first-order chi connectivity index (χ1) is 15.1. The SMILES string of the molecule is CC(C)(C)OC(=O)N[C@H](COCOCC[Si](C)(C)C)CB1O[C@H]2C[C@H]3C[C@H](C3(C)C)[C@@]2(C)O1. The van der Waals surface area contributed by atoms with E-state index in [1.165, 1.54) is 6.42 Å². The third-order valence-corrected chi connectivity index (χ3v) is 9.39. The van der Waals surface area contributed by atoms with Crippen LogP contribution in [-0.2, 0) is 23.5 Å². The molecule has 3 saturated carbocycles. The molecule has 1 saturated heterocycles. The molecule has 190 valence electrons. The van der Waals surface area contributed by atoms with Crippen LogP contribution in [0.3, 0.4) is 0 Å². The van der Waals surface area contributed by atoms with Crippen LogP contribution in [0, 0.1) is 17.3 Å². The van der Waals surface area contributed by atoms with Crippen LogP contribution in [0.5, 0.6) is 0 Å². The fraction of sp³-hybridized carbons (Fsp3) is 0.958. The highest BCUT2D eigenvalue weighted by Crippen LogP contribution is 2.65. The molecule has 5 atom stereocenters. The van der Waals surface area contributed by atoms with Gasteiger partial charge in [0, 0.05) is 21.0 Å². The van der Waals surface area contributed by atoms with Crippen LogP contribution < -0.4 is 5.32 Å². The molecule has 0 radical (unpaired) electrons. The van der Waals surface area contributed by atoms with Gasteiger partial charge >= 0.3 is 13.2 Å². The molecule has 0 aromatic heterocycles. The van der Waals surface area contributed by atoms with Crippen LogP contribution in [0.1, 0.15) is 54.4 Å². The van der Waals surface area contributed by atoms with Gasteiger partial charge in [-0.2, -0.15) is 0 Å². The number of alkyl carbamates (subject to hydrolysis) is 1. The maximum atomic E-state index is 12.4. The van der Waals surface area contributed by atoms with Gasteiger partial charge in [0.05, 0.1) is 24.4 Å². The molecular formula is C24H46BNO6Si. The van der Waals surface area contributed by atoms with E-state index in [1.807, 2.05) is 20.8 Å². The van der Waals surface area contributed by atoms with Crippen molar-refractivity contribution in [2.24, 2.45) is 17.3 Å². The predicted molar refractivity (Wildman–Crippen MR) is 133 cm³/mol. The molecule has 0 spiro atoms. The Hall–Kier alpha value is -0.608. The van der Waals surface area contributed by atoms with Crippen molar-refractivity contribution in [3.8, 4) is 0 Å². The Bertz CT molecular complexity index is 693. The van der Waals surface area contributed by atoms with Crippen LogP contribution in [0.2, 0.25) is 32.0 Å². The molecule has 1 N–H and O–H groups in total. The summed E-state index contributed by atoms with van der Waals surface area (Å²) >= 11 is 0. The molecule has 4 fully saturated rings. The summed E-state index contributed by atoms with van der Waals surface area (Å²) in [6, 6.07) is 0.801. The zero-order valence-corrected chi connectivity index (χ0v) is 23.3. The summed E-state index contributed by atoms with van der Waals surface area (Å²) in [7, 11) is -1.50. The highest BCUT2D eigenvalue weighted by molar-refractivity contribution is 6.76. The predicted octanol–water partition coefficient (Wildman–Crippen LogP) is 4.94. The molecule has 4 rings (SSSR count). The number of hydrogen-bond acceptors (Lipinski definition) is 6. The standard InChI is InChI=1S/C24H46BNO6Si/c1-22(2,3)30-21(27)26-18(15-29-16-28-10-11-33(7,8)9)14-25-31-20-13-17-12-19(23(17,4)5)24(20,6)32-25/h17-20H,10-16H2,1-9H3,(H,26,27)/t17-,18+,19-,20+,24-/m1/s1. The summed E-state index contributed by atoms with van der Waals surface area (Å²) in [6.07, 6.45) is 2.43. The second kappa shape index (κ2) is 9.80. The molecular weight excluding hydrogens is 437 g/mol. The number of rotatable bonds is 10. The first-order valence-corrected chi connectivity index (χ1v) is 16.3. The van der Waals surface area contributed by atoms with E-state index >= 15 is 0 Å². The van der Waals surface area contributed by atoms with Gasteiger partial charge in [-0.05, 0) is 63.8 Å². The van der Waals surface area contributed by atoms with E-state index in [-0.39, 0.29) is 31.7 Å². The third-order valence-electron chi connectivity index (χ3n) is 7.68. The van der Waals surface area contributed by atoms with Crippen molar-refractivity contribution >= 4 is 21.3 Å². The van der Waals surface area contributed by atoms with Crippen molar-refractivity contribution < 1.29 is 28.3 Å². The summed E-state index contributed by atoms with van der Waals surface area (Å²) < 4.78 is 29.8. The number of hydrogen-bond donors (Lipinski definition) is 1. The van der Waals surface area contributed by atoms with Gasteiger partial charge in [-0.15, -0.1) is 0 Å². The van der Waals surface area contributed by atoms with Crippen molar-refractivity contribution in [1.82, 2.24) is 5.32 Å². The molecule has 9 heteroatoms. The van der Waals surface area contributed by atoms with Gasteiger partial charge in [0.1, 0.15) is 12.4 Å². The average Bonchev–Trinajstić information content (AvgIpc) is 2.97. The Balaban J connectivity index is 1.53. The van der Waals surface area contributed by atoms with E-state index in [1.54, 1.807) is 0 Å². The smallest absolute Gasteiger partial charge is 0.444 e. The number of ether oxygens (including phenoxy) is 3. The molecule has 1 amide bonds. The molecule has 0 unspecified atom stereocenters. The van der Waals surface area contributed by atoms with E-state index in [9.17, 15) is 4.79 Å². The fourth-order valence-corrected chi connectivity index (χ4v) is 6.37. The fourth-order valence-electron chi connectivity index (χ4n) is 5.61. The van der Waals surface area contributed by atoms with Gasteiger partial charge in [-0.25, -0.2) is 4.79 Å². The first-order valence-electron chi connectivity index (χ1n) is 12.6. The molecule has 4 aliphatic rings. The summed E-state index contributed by atoms with van der Waals surface area (Å²) in [6.45, 7) is 20.7. The molecule has 0 aromatic carbocycles. The Morgan fingerprint density at radius 2 is 1.88 bits per heavy atom. The van der Waals surface area contributed by atoms with E-state index in [4.69, 9.17) is 23.5 Å². The third kappa shape index (κ3) is 6.75. The number of amides is 1. The minimum atomic E-state index is -1.13. The normalized spacial score (nSPS) is 31.5. The van der Waals surface area contributed by atoms with E-state index < -0.39 is 19.8 Å². The second-order valence-corrected chi connectivity index (χ2v) is 18.8. The van der Waals surface area contributed by atoms with Crippen molar-refractivity contribution in [3.05, 3.63) is 0 Å². The zero-order valence-electron chi connectivity index (χ0n) is 22.3. The maximum absolute atomic E-state index is 12.4. The maximum Gasteiger partial charge on any atom is 0.459 e. The first kappa shape index (κ1) is 27.0. The van der Waals surface area contributed by atoms with E-state index in [0.717, 1.165) is 12.5 Å². The Labute approximate surface area is 202 Å². The van der Waals surface area contributed by atoms with Crippen LogP contribution in [0.15, 0.2) is 0 Å². The van der Waals surface area contributed by atoms with Crippen molar-refractivity contribution in [1.29, 1.82) is 0 Å². The van der Waals surface area contributed by atoms with Gasteiger partial charge in [-0.3, -0.25) is 0 Å². The molecule has 3 aliphatic carbocycles. The second-order valence-electron chi connectivity index (χ2n) is 13.2. The van der Waals surface area contributed by atoms with E-state index in [0.29, 0.717) is 36.8 Å². The lowest BCUT2D eigenvalue weighted by Crippen LogP contribution is -2.65. The quantitative estimate of drug-likeness (QED) is 0.270. The molecule has 1 aliphatic heterocycles. The van der Waals surface area contributed by atoms with Gasteiger partial charge in [0.2, 0.25) is 0 Å². The Morgan fingerprint density at radius 3 is 2.48 bits per heavy atom. The minimum Gasteiger partial charge on any atom is -0.444 e. The van der Waals surface area contributed by atoms with Crippen molar-refractivity contribution in [2.45, 2.75) is 110 Å². The minimum absolute atomic E-state index is 0.118. The molecule has 2 bridgehead atoms. The van der Waals surface area contributed by atoms with Crippen molar-refractivity contribution in [2.75, 3.05) is 20.0 Å². The van der Waals surface area contributed by atoms with E-state index in [2.05, 4.69) is 45.7 Å². The van der Waals surface area contributed by atoms with Crippen LogP contribution >= 0.6 is 0 Å². The highest BCUT2D eigenvalue weighted by atomic mass is 28.3. The molecule has 1 heterocycles. The zero-order chi connectivity index (χ0) is 24.7.